The van der Waals surface area contributed by atoms with Gasteiger partial charge >= 0.3 is 16.3 Å². The second kappa shape index (κ2) is 11.9. The minimum Gasteiger partial charge on any atom is -0.490 e. The number of nitrogens with one attached hydrogen (secondary N) is 1. The molecule has 0 unspecified atom stereocenters. The van der Waals surface area contributed by atoms with Gasteiger partial charge in [-0.2, -0.15) is 26.9 Å². The summed E-state index contributed by atoms with van der Waals surface area (Å²) in [6, 6.07) is 13.7. The van der Waals surface area contributed by atoms with Crippen LogP contribution in [0.25, 0.3) is 6.08 Å². The summed E-state index contributed by atoms with van der Waals surface area (Å²) < 4.78 is 75.3. The maximum atomic E-state index is 13.0. The van der Waals surface area contributed by atoms with Crippen molar-refractivity contribution in [2.75, 3.05) is 11.9 Å². The monoisotopic (exact) mass is 628 g/mol. The van der Waals surface area contributed by atoms with Crippen LogP contribution in [0.5, 0.6) is 11.5 Å². The maximum absolute atomic E-state index is 13.0. The van der Waals surface area contributed by atoms with E-state index in [0.29, 0.717) is 5.02 Å². The number of nitriles is 1. The van der Waals surface area contributed by atoms with Crippen LogP contribution >= 0.6 is 27.5 Å². The highest BCUT2D eigenvalue weighted by molar-refractivity contribution is 9.10. The molecule has 0 spiro atoms. The van der Waals surface area contributed by atoms with Gasteiger partial charge in [-0.3, -0.25) is 4.79 Å². The van der Waals surface area contributed by atoms with Gasteiger partial charge < -0.3 is 14.2 Å². The molecule has 0 atom stereocenters. The number of hydrogen-bond donors (Lipinski definition) is 1. The van der Waals surface area contributed by atoms with E-state index in [1.165, 1.54) is 42.5 Å². The van der Waals surface area contributed by atoms with Gasteiger partial charge in [0.15, 0.2) is 11.5 Å². The molecule has 0 aromatic heterocycles. The first-order valence-electron chi connectivity index (χ1n) is 10.6. The van der Waals surface area contributed by atoms with Gasteiger partial charge in [0, 0.05) is 10.7 Å². The quantitative estimate of drug-likeness (QED) is 0.166. The number of carbonyl (C=O) groups is 1. The molecule has 0 aliphatic rings. The molecule has 1 N–H and O–H groups in total. The molecule has 3 aromatic carbocycles. The first-order valence-corrected chi connectivity index (χ1v) is 13.2. The molecule has 0 aliphatic heterocycles. The van der Waals surface area contributed by atoms with Crippen molar-refractivity contribution >= 4 is 55.3 Å². The highest BCUT2D eigenvalue weighted by Crippen LogP contribution is 2.39. The molecule has 0 saturated carbocycles. The van der Waals surface area contributed by atoms with Crippen molar-refractivity contribution < 1.29 is 35.3 Å². The van der Waals surface area contributed by atoms with E-state index in [9.17, 15) is 31.6 Å². The fraction of sp³-hybridized carbons (Fsp3) is 0.120. The topological polar surface area (TPSA) is 105 Å². The van der Waals surface area contributed by atoms with E-state index >= 15 is 0 Å². The van der Waals surface area contributed by atoms with Gasteiger partial charge in [-0.15, -0.1) is 0 Å². The second-order valence-corrected chi connectivity index (χ2v) is 10.3. The van der Waals surface area contributed by atoms with Crippen molar-refractivity contribution in [1.82, 2.24) is 0 Å². The van der Waals surface area contributed by atoms with Crippen LogP contribution in [0, 0.1) is 11.3 Å². The molecule has 0 fully saturated rings. The average Bonchev–Trinajstić information content (AvgIpc) is 2.84. The van der Waals surface area contributed by atoms with Crippen molar-refractivity contribution in [1.29, 1.82) is 5.26 Å². The molecule has 3 rings (SSSR count). The van der Waals surface area contributed by atoms with Gasteiger partial charge in [-0.05, 0) is 89.1 Å². The Bertz CT molecular complexity index is 1540. The highest BCUT2D eigenvalue weighted by Gasteiger charge is 2.30. The third kappa shape index (κ3) is 7.28. The zero-order valence-corrected chi connectivity index (χ0v) is 22.5. The molecule has 0 saturated heterocycles. The SMILES string of the molecule is CCOc1cc(/C=C(\C#N)C(=O)Nc2cccc(C(F)(F)F)c2)cc(Br)c1OS(=O)(=O)c1ccc(Cl)cc1. The number of hydrogen-bond acceptors (Lipinski definition) is 6. The standard InChI is InChI=1S/C25H17BrClF3N2O5S/c1-2-36-22-12-15(11-21(26)23(22)37-38(34,35)20-8-6-18(27)7-9-20)10-16(14-31)24(33)32-19-5-3-4-17(13-19)25(28,29)30/h3-13H,2H2,1H3,(H,32,33)/b16-10+. The van der Waals surface area contributed by atoms with Crippen LogP contribution in [0.1, 0.15) is 18.1 Å². The summed E-state index contributed by atoms with van der Waals surface area (Å²) in [5, 5.41) is 12.1. The van der Waals surface area contributed by atoms with E-state index in [2.05, 4.69) is 21.2 Å². The van der Waals surface area contributed by atoms with Gasteiger partial charge in [0.05, 0.1) is 16.6 Å². The summed E-state index contributed by atoms with van der Waals surface area (Å²) in [5.74, 6) is -1.14. The van der Waals surface area contributed by atoms with E-state index in [0.717, 1.165) is 24.3 Å². The second-order valence-electron chi connectivity index (χ2n) is 7.46. The molecule has 13 heteroatoms. The summed E-state index contributed by atoms with van der Waals surface area (Å²) in [4.78, 5) is 12.4. The Morgan fingerprint density at radius 2 is 1.84 bits per heavy atom. The predicted octanol–water partition coefficient (Wildman–Crippen LogP) is 6.83. The highest BCUT2D eigenvalue weighted by atomic mass is 79.9. The van der Waals surface area contributed by atoms with Crippen molar-refractivity contribution in [3.8, 4) is 17.6 Å². The van der Waals surface area contributed by atoms with Crippen LogP contribution in [0.4, 0.5) is 18.9 Å². The van der Waals surface area contributed by atoms with Crippen molar-refractivity contribution in [3.63, 3.8) is 0 Å². The normalized spacial score (nSPS) is 12.0. The summed E-state index contributed by atoms with van der Waals surface area (Å²) in [6.07, 6.45) is -3.45. The largest absolute Gasteiger partial charge is 0.490 e. The van der Waals surface area contributed by atoms with Gasteiger partial charge in [0.2, 0.25) is 0 Å². The molecule has 0 aliphatic carbocycles. The molecular formula is C25H17BrClF3N2O5S. The third-order valence-electron chi connectivity index (χ3n) is 4.75. The molecule has 7 nitrogen and oxygen atoms in total. The van der Waals surface area contributed by atoms with Crippen LogP contribution in [0.3, 0.4) is 0 Å². The summed E-state index contributed by atoms with van der Waals surface area (Å²) in [6.45, 7) is 1.77. The third-order valence-corrected chi connectivity index (χ3v) is 6.83. The number of alkyl halides is 3. The number of ether oxygens (including phenoxy) is 1. The molecule has 0 radical (unpaired) electrons. The number of carbonyl (C=O) groups excluding carboxylic acids is 1. The smallest absolute Gasteiger partial charge is 0.416 e. The zero-order chi connectivity index (χ0) is 28.1. The fourth-order valence-electron chi connectivity index (χ4n) is 3.06. The van der Waals surface area contributed by atoms with Gasteiger partial charge in [-0.1, -0.05) is 17.7 Å². The maximum Gasteiger partial charge on any atom is 0.416 e. The Morgan fingerprint density at radius 3 is 2.45 bits per heavy atom. The van der Waals surface area contributed by atoms with E-state index < -0.39 is 33.3 Å². The lowest BCUT2D eigenvalue weighted by molar-refractivity contribution is -0.137. The Balaban J connectivity index is 1.92. The number of benzene rings is 3. The van der Waals surface area contributed by atoms with Gasteiger partial charge in [0.25, 0.3) is 5.91 Å². The molecule has 3 aromatic rings. The number of halogens is 5. The summed E-state index contributed by atoms with van der Waals surface area (Å²) in [7, 11) is -4.28. The van der Waals surface area contributed by atoms with Crippen molar-refractivity contribution in [3.05, 3.63) is 86.9 Å². The summed E-state index contributed by atoms with van der Waals surface area (Å²) in [5.41, 5.74) is -1.31. The Labute approximate surface area is 229 Å². The number of rotatable bonds is 8. The molecule has 0 bridgehead atoms. The lowest BCUT2D eigenvalue weighted by atomic mass is 10.1. The zero-order valence-electron chi connectivity index (χ0n) is 19.3. The Morgan fingerprint density at radius 1 is 1.16 bits per heavy atom. The number of anilines is 1. The van der Waals surface area contributed by atoms with Crippen LogP contribution in [-0.4, -0.2) is 20.9 Å². The van der Waals surface area contributed by atoms with Crippen LogP contribution in [0.2, 0.25) is 5.02 Å². The number of nitrogens with zero attached hydrogens (tertiary/aromatic N) is 1. The fourth-order valence-corrected chi connectivity index (χ4v) is 4.79. The first-order chi connectivity index (χ1) is 17.8. The summed E-state index contributed by atoms with van der Waals surface area (Å²) >= 11 is 9.04. The van der Waals surface area contributed by atoms with E-state index in [1.54, 1.807) is 13.0 Å². The molecule has 38 heavy (non-hydrogen) atoms. The van der Waals surface area contributed by atoms with E-state index in [-0.39, 0.29) is 38.7 Å². The first kappa shape index (κ1) is 29.0. The lowest BCUT2D eigenvalue weighted by Gasteiger charge is -2.15. The molecule has 1 amide bonds. The van der Waals surface area contributed by atoms with Crippen LogP contribution < -0.4 is 14.2 Å². The van der Waals surface area contributed by atoms with Gasteiger partial charge in [-0.25, -0.2) is 0 Å². The Kier molecular flexibility index (Phi) is 9.09. The molecule has 198 valence electrons. The predicted molar refractivity (Wildman–Crippen MR) is 138 cm³/mol. The minimum atomic E-state index is -4.61. The Hall–Kier alpha value is -3.53. The minimum absolute atomic E-state index is 0.0127. The van der Waals surface area contributed by atoms with Crippen LogP contribution in [0.15, 0.2) is 75.6 Å². The molecule has 0 heterocycles. The van der Waals surface area contributed by atoms with Crippen LogP contribution in [-0.2, 0) is 21.1 Å². The van der Waals surface area contributed by atoms with E-state index in [4.69, 9.17) is 20.5 Å². The van der Waals surface area contributed by atoms with Gasteiger partial charge in [0.1, 0.15) is 16.5 Å². The van der Waals surface area contributed by atoms with Crippen molar-refractivity contribution in [2.24, 2.45) is 0 Å². The molecular weight excluding hydrogens is 613 g/mol. The average molecular weight is 630 g/mol. The lowest BCUT2D eigenvalue weighted by Crippen LogP contribution is -2.14. The van der Waals surface area contributed by atoms with E-state index in [1.807, 2.05) is 0 Å². The van der Waals surface area contributed by atoms with Crippen molar-refractivity contribution in [2.45, 2.75) is 18.0 Å². The number of amides is 1.